The SMILES string of the molecule is C[C@](O)(CS(=O)(=O)c1ccc(N=C=S)cc1)C(=O)Nc1ccc(C#N)c(C(F)(F)F)c1. The number of thiocarbonyl (C=S) groups is 1. The summed E-state index contributed by atoms with van der Waals surface area (Å²) in [6, 6.07) is 8.90. The lowest BCUT2D eigenvalue weighted by Crippen LogP contribution is -2.45. The maximum Gasteiger partial charge on any atom is 0.417 e. The zero-order valence-electron chi connectivity index (χ0n) is 15.8. The largest absolute Gasteiger partial charge is 0.417 e. The number of alkyl halides is 3. The number of amides is 1. The molecule has 0 unspecified atom stereocenters. The Morgan fingerprint density at radius 3 is 2.35 bits per heavy atom. The van der Waals surface area contributed by atoms with Gasteiger partial charge in [-0.3, -0.25) is 4.79 Å². The second-order valence-corrected chi connectivity index (χ2v) is 8.73. The lowest BCUT2D eigenvalue weighted by molar-refractivity contribution is -0.137. The summed E-state index contributed by atoms with van der Waals surface area (Å²) in [4.78, 5) is 15.9. The van der Waals surface area contributed by atoms with Gasteiger partial charge in [-0.25, -0.2) is 8.42 Å². The highest BCUT2D eigenvalue weighted by Gasteiger charge is 2.38. The molecule has 12 heteroatoms. The Hall–Kier alpha value is -3.10. The Morgan fingerprint density at radius 1 is 1.23 bits per heavy atom. The van der Waals surface area contributed by atoms with Crippen LogP contribution in [0.25, 0.3) is 0 Å². The van der Waals surface area contributed by atoms with Crippen molar-refractivity contribution in [3.8, 4) is 6.07 Å². The summed E-state index contributed by atoms with van der Waals surface area (Å²) in [5.74, 6) is -2.28. The third-order valence-electron chi connectivity index (χ3n) is 4.03. The molecule has 0 saturated heterocycles. The van der Waals surface area contributed by atoms with Gasteiger partial charge in [-0.15, -0.1) is 0 Å². The van der Waals surface area contributed by atoms with Gasteiger partial charge in [0.2, 0.25) is 0 Å². The Labute approximate surface area is 180 Å². The van der Waals surface area contributed by atoms with Crippen molar-refractivity contribution in [1.29, 1.82) is 5.26 Å². The van der Waals surface area contributed by atoms with Gasteiger partial charge in [-0.05, 0) is 61.6 Å². The molecule has 0 saturated carbocycles. The summed E-state index contributed by atoms with van der Waals surface area (Å²) in [5, 5.41) is 23.4. The Balaban J connectivity index is 2.25. The smallest absolute Gasteiger partial charge is 0.379 e. The molecule has 1 amide bonds. The molecule has 2 aromatic rings. The number of aliphatic hydroxyl groups is 1. The number of carbonyl (C=O) groups is 1. The van der Waals surface area contributed by atoms with Gasteiger partial charge in [0.1, 0.15) is 0 Å². The van der Waals surface area contributed by atoms with E-state index in [1.165, 1.54) is 30.3 Å². The van der Waals surface area contributed by atoms with Gasteiger partial charge in [0.15, 0.2) is 15.4 Å². The van der Waals surface area contributed by atoms with Crippen LogP contribution in [0, 0.1) is 11.3 Å². The van der Waals surface area contributed by atoms with Crippen LogP contribution in [0.4, 0.5) is 24.5 Å². The summed E-state index contributed by atoms with van der Waals surface area (Å²) < 4.78 is 64.3. The minimum atomic E-state index is -4.85. The van der Waals surface area contributed by atoms with Crippen molar-refractivity contribution >= 4 is 44.5 Å². The van der Waals surface area contributed by atoms with E-state index in [0.29, 0.717) is 11.8 Å². The van der Waals surface area contributed by atoms with Gasteiger partial charge in [-0.2, -0.15) is 23.4 Å². The Morgan fingerprint density at radius 2 is 1.84 bits per heavy atom. The molecule has 0 aromatic heterocycles. The van der Waals surface area contributed by atoms with E-state index in [2.05, 4.69) is 22.4 Å². The van der Waals surface area contributed by atoms with Crippen LogP contribution in [0.2, 0.25) is 0 Å². The summed E-state index contributed by atoms with van der Waals surface area (Å²) >= 11 is 4.45. The second kappa shape index (κ2) is 8.95. The van der Waals surface area contributed by atoms with Crippen molar-refractivity contribution in [3.63, 3.8) is 0 Å². The maximum atomic E-state index is 13.1. The second-order valence-electron chi connectivity index (χ2n) is 6.55. The molecule has 0 aliphatic carbocycles. The van der Waals surface area contributed by atoms with Crippen molar-refractivity contribution in [1.82, 2.24) is 0 Å². The number of nitriles is 1. The molecule has 0 aliphatic heterocycles. The summed E-state index contributed by atoms with van der Waals surface area (Å²) in [5.41, 5.74) is -4.42. The number of nitrogens with one attached hydrogen (secondary N) is 1. The molecule has 0 bridgehead atoms. The number of halogens is 3. The molecule has 1 atom stereocenters. The van der Waals surface area contributed by atoms with Crippen molar-refractivity contribution in [2.45, 2.75) is 23.6 Å². The molecular weight excluding hydrogens is 455 g/mol. The highest BCUT2D eigenvalue weighted by Crippen LogP contribution is 2.33. The highest BCUT2D eigenvalue weighted by atomic mass is 32.2. The van der Waals surface area contributed by atoms with E-state index in [1.807, 2.05) is 5.32 Å². The average molecular weight is 469 g/mol. The number of hydrogen-bond acceptors (Lipinski definition) is 7. The fourth-order valence-electron chi connectivity index (χ4n) is 2.52. The van der Waals surface area contributed by atoms with E-state index in [1.54, 1.807) is 0 Å². The fraction of sp³-hybridized carbons (Fsp3) is 0.211. The quantitative estimate of drug-likeness (QED) is 0.494. The van der Waals surface area contributed by atoms with E-state index in [0.717, 1.165) is 19.1 Å². The first-order valence-electron chi connectivity index (χ1n) is 8.36. The van der Waals surface area contributed by atoms with Crippen LogP contribution < -0.4 is 5.32 Å². The zero-order chi connectivity index (χ0) is 23.4. The lowest BCUT2D eigenvalue weighted by Gasteiger charge is -2.22. The Kier molecular flexibility index (Phi) is 6.98. The van der Waals surface area contributed by atoms with Gasteiger partial charge in [0.05, 0.1) is 38.7 Å². The molecule has 0 fully saturated rings. The molecular formula is C19H14F3N3O4S2. The predicted octanol–water partition coefficient (Wildman–Crippen LogP) is 3.47. The number of benzene rings is 2. The summed E-state index contributed by atoms with van der Waals surface area (Å²) in [6.45, 7) is 0.916. The van der Waals surface area contributed by atoms with Gasteiger partial charge in [-0.1, -0.05) is 0 Å². The molecule has 0 radical (unpaired) electrons. The van der Waals surface area contributed by atoms with Crippen molar-refractivity contribution in [3.05, 3.63) is 53.6 Å². The van der Waals surface area contributed by atoms with Crippen LogP contribution in [0.1, 0.15) is 18.1 Å². The van der Waals surface area contributed by atoms with Gasteiger partial charge >= 0.3 is 6.18 Å². The number of carbonyl (C=O) groups excluding carboxylic acids is 1. The number of hydrogen-bond donors (Lipinski definition) is 2. The molecule has 2 aromatic carbocycles. The summed E-state index contributed by atoms with van der Waals surface area (Å²) in [7, 11) is -4.15. The topological polar surface area (TPSA) is 120 Å². The molecule has 162 valence electrons. The molecule has 7 nitrogen and oxygen atoms in total. The third-order valence-corrected chi connectivity index (χ3v) is 6.06. The number of anilines is 1. The fourth-order valence-corrected chi connectivity index (χ4v) is 4.21. The number of rotatable bonds is 6. The average Bonchev–Trinajstić information content (AvgIpc) is 2.67. The van der Waals surface area contributed by atoms with E-state index < -0.39 is 44.4 Å². The third kappa shape index (κ3) is 5.96. The van der Waals surface area contributed by atoms with Gasteiger partial charge in [0, 0.05) is 5.69 Å². The highest BCUT2D eigenvalue weighted by molar-refractivity contribution is 7.91. The van der Waals surface area contributed by atoms with E-state index in [9.17, 15) is 31.5 Å². The molecule has 0 aliphatic rings. The standard InChI is InChI=1S/C19H14F3N3O4S2/c1-18(27,10-31(28,29)15-6-4-13(5-7-15)24-11-30)17(26)25-14-3-2-12(9-23)16(8-14)19(20,21)22/h2-8,27H,10H2,1H3,(H,25,26)/t18-/m0/s1. The van der Waals surface area contributed by atoms with Crippen molar-refractivity contribution in [2.75, 3.05) is 11.1 Å². The molecule has 2 rings (SSSR count). The molecule has 0 heterocycles. The first-order chi connectivity index (χ1) is 14.3. The minimum absolute atomic E-state index is 0.207. The zero-order valence-corrected chi connectivity index (χ0v) is 17.4. The summed E-state index contributed by atoms with van der Waals surface area (Å²) in [6.07, 6.45) is -4.85. The lowest BCUT2D eigenvalue weighted by atomic mass is 10.1. The molecule has 0 spiro atoms. The minimum Gasteiger partial charge on any atom is -0.379 e. The van der Waals surface area contributed by atoms with Crippen LogP contribution in [-0.2, 0) is 20.8 Å². The normalized spacial score (nSPS) is 13.4. The molecule has 31 heavy (non-hydrogen) atoms. The van der Waals surface area contributed by atoms with E-state index >= 15 is 0 Å². The van der Waals surface area contributed by atoms with E-state index in [4.69, 9.17) is 5.26 Å². The van der Waals surface area contributed by atoms with E-state index in [-0.39, 0.29) is 10.6 Å². The van der Waals surface area contributed by atoms with Crippen LogP contribution in [0.15, 0.2) is 52.4 Å². The van der Waals surface area contributed by atoms with Gasteiger partial charge < -0.3 is 10.4 Å². The van der Waals surface area contributed by atoms with Crippen molar-refractivity contribution < 1.29 is 31.5 Å². The van der Waals surface area contributed by atoms with Crippen LogP contribution in [0.3, 0.4) is 0 Å². The van der Waals surface area contributed by atoms with Crippen molar-refractivity contribution in [2.24, 2.45) is 4.99 Å². The predicted molar refractivity (Wildman–Crippen MR) is 109 cm³/mol. The van der Waals surface area contributed by atoms with Gasteiger partial charge in [0.25, 0.3) is 5.91 Å². The number of isothiocyanates is 1. The first kappa shape index (κ1) is 24.2. The number of aliphatic imine (C=N–C) groups is 1. The number of sulfone groups is 1. The van der Waals surface area contributed by atoms with Crippen LogP contribution >= 0.6 is 12.2 Å². The Bertz CT molecular complexity index is 1200. The van der Waals surface area contributed by atoms with Crippen LogP contribution in [-0.4, -0.2) is 35.9 Å². The first-order valence-corrected chi connectivity index (χ1v) is 10.4. The molecule has 2 N–H and O–H groups in total. The number of nitrogens with zero attached hydrogens (tertiary/aromatic N) is 2. The van der Waals surface area contributed by atoms with Crippen LogP contribution in [0.5, 0.6) is 0 Å². The monoisotopic (exact) mass is 469 g/mol. The maximum absolute atomic E-state index is 13.1.